The molecule has 112 valence electrons. The summed E-state index contributed by atoms with van der Waals surface area (Å²) in [5.41, 5.74) is 3.54. The van der Waals surface area contributed by atoms with Crippen molar-refractivity contribution in [1.29, 1.82) is 0 Å². The minimum atomic E-state index is -0.332. The maximum atomic E-state index is 10.4. The van der Waals surface area contributed by atoms with Gasteiger partial charge in [0, 0.05) is 19.6 Å². The first kappa shape index (κ1) is 15.5. The van der Waals surface area contributed by atoms with E-state index in [1.807, 2.05) is 0 Å². The lowest BCUT2D eigenvalue weighted by atomic mass is 9.91. The summed E-state index contributed by atoms with van der Waals surface area (Å²) >= 11 is 0. The Bertz CT molecular complexity index is 413. The molecule has 0 bridgehead atoms. The molecule has 0 spiro atoms. The molecule has 20 heavy (non-hydrogen) atoms. The Morgan fingerprint density at radius 1 is 1.10 bits per heavy atom. The van der Waals surface area contributed by atoms with E-state index in [0.717, 1.165) is 30.4 Å². The first-order valence-corrected chi connectivity index (χ1v) is 7.92. The van der Waals surface area contributed by atoms with Crippen LogP contribution in [0.25, 0.3) is 0 Å². The van der Waals surface area contributed by atoms with Crippen LogP contribution in [0.15, 0.2) is 18.2 Å². The van der Waals surface area contributed by atoms with Gasteiger partial charge >= 0.3 is 0 Å². The lowest BCUT2D eigenvalue weighted by Crippen LogP contribution is -2.39. The first-order chi connectivity index (χ1) is 9.44. The van der Waals surface area contributed by atoms with Gasteiger partial charge in [0.05, 0.1) is 6.10 Å². The molecule has 0 saturated carbocycles. The second-order valence-electron chi connectivity index (χ2n) is 6.93. The van der Waals surface area contributed by atoms with E-state index in [9.17, 15) is 5.11 Å². The SMILES string of the molecule is Cc1cc(C)cc(C(O)CCN2CC(C)CC(C)C2)c1. The molecule has 3 atom stereocenters. The maximum absolute atomic E-state index is 10.4. The molecule has 1 fully saturated rings. The molecule has 2 heteroatoms. The fraction of sp³-hybridized carbons (Fsp3) is 0.667. The van der Waals surface area contributed by atoms with Gasteiger partial charge in [-0.3, -0.25) is 0 Å². The standard InChI is InChI=1S/C18H29NO/c1-13-7-14(2)10-17(9-13)18(20)5-6-19-11-15(3)8-16(4)12-19/h7,9-10,15-16,18,20H,5-6,8,11-12H2,1-4H3. The van der Waals surface area contributed by atoms with Crippen molar-refractivity contribution in [3.05, 3.63) is 34.9 Å². The molecule has 1 aliphatic heterocycles. The third-order valence-electron chi connectivity index (χ3n) is 4.29. The number of aliphatic hydroxyl groups excluding tert-OH is 1. The van der Waals surface area contributed by atoms with E-state index in [4.69, 9.17) is 0 Å². The fourth-order valence-corrected chi connectivity index (χ4v) is 3.65. The number of nitrogens with zero attached hydrogens (tertiary/aromatic N) is 1. The molecule has 1 N–H and O–H groups in total. The number of aryl methyl sites for hydroxylation is 2. The number of aliphatic hydroxyl groups is 1. The Hall–Kier alpha value is -0.860. The second kappa shape index (κ2) is 6.73. The third-order valence-corrected chi connectivity index (χ3v) is 4.29. The van der Waals surface area contributed by atoms with Crippen molar-refractivity contribution in [2.45, 2.75) is 46.6 Å². The highest BCUT2D eigenvalue weighted by Crippen LogP contribution is 2.24. The van der Waals surface area contributed by atoms with Gasteiger partial charge in [-0.2, -0.15) is 0 Å². The zero-order chi connectivity index (χ0) is 14.7. The monoisotopic (exact) mass is 275 g/mol. The molecule has 0 radical (unpaired) electrons. The van der Waals surface area contributed by atoms with Crippen LogP contribution in [0.3, 0.4) is 0 Å². The van der Waals surface area contributed by atoms with Crippen molar-refractivity contribution < 1.29 is 5.11 Å². The number of hydrogen-bond acceptors (Lipinski definition) is 2. The van der Waals surface area contributed by atoms with E-state index >= 15 is 0 Å². The van der Waals surface area contributed by atoms with E-state index in [1.54, 1.807) is 0 Å². The summed E-state index contributed by atoms with van der Waals surface area (Å²) in [7, 11) is 0. The zero-order valence-corrected chi connectivity index (χ0v) is 13.4. The van der Waals surface area contributed by atoms with Crippen molar-refractivity contribution in [1.82, 2.24) is 4.90 Å². The van der Waals surface area contributed by atoms with E-state index < -0.39 is 0 Å². The molecular weight excluding hydrogens is 246 g/mol. The molecule has 2 nitrogen and oxygen atoms in total. The zero-order valence-electron chi connectivity index (χ0n) is 13.4. The Balaban J connectivity index is 1.89. The molecule has 1 aliphatic rings. The molecular formula is C18H29NO. The number of piperidine rings is 1. The summed E-state index contributed by atoms with van der Waals surface area (Å²) in [6.07, 6.45) is 1.85. The lowest BCUT2D eigenvalue weighted by Gasteiger charge is -2.35. The van der Waals surface area contributed by atoms with Crippen LogP contribution in [0, 0.1) is 25.7 Å². The molecule has 0 aromatic heterocycles. The summed E-state index contributed by atoms with van der Waals surface area (Å²) < 4.78 is 0. The summed E-state index contributed by atoms with van der Waals surface area (Å²) in [5.74, 6) is 1.58. The molecule has 3 unspecified atom stereocenters. The van der Waals surface area contributed by atoms with Gasteiger partial charge < -0.3 is 10.0 Å². The quantitative estimate of drug-likeness (QED) is 0.905. The van der Waals surface area contributed by atoms with E-state index in [0.29, 0.717) is 0 Å². The molecule has 1 aromatic carbocycles. The van der Waals surface area contributed by atoms with Gasteiger partial charge in [-0.05, 0) is 44.1 Å². The Kier molecular flexibility index (Phi) is 5.22. The van der Waals surface area contributed by atoms with Gasteiger partial charge in [0.1, 0.15) is 0 Å². The normalized spacial score (nSPS) is 25.6. The van der Waals surface area contributed by atoms with E-state index in [2.05, 4.69) is 50.8 Å². The number of likely N-dealkylation sites (tertiary alicyclic amines) is 1. The van der Waals surface area contributed by atoms with E-state index in [-0.39, 0.29) is 6.10 Å². The average molecular weight is 275 g/mol. The highest BCUT2D eigenvalue weighted by molar-refractivity contribution is 5.29. The van der Waals surface area contributed by atoms with Gasteiger partial charge in [0.2, 0.25) is 0 Å². The fourth-order valence-electron chi connectivity index (χ4n) is 3.65. The molecule has 2 rings (SSSR count). The van der Waals surface area contributed by atoms with Gasteiger partial charge in [-0.25, -0.2) is 0 Å². The number of rotatable bonds is 4. The summed E-state index contributed by atoms with van der Waals surface area (Å²) in [6, 6.07) is 6.38. The predicted molar refractivity (Wildman–Crippen MR) is 84.9 cm³/mol. The van der Waals surface area contributed by atoms with Crippen LogP contribution in [0.2, 0.25) is 0 Å². The van der Waals surface area contributed by atoms with Crippen LogP contribution in [0.4, 0.5) is 0 Å². The average Bonchev–Trinajstić information content (AvgIpc) is 2.33. The van der Waals surface area contributed by atoms with Crippen molar-refractivity contribution in [2.24, 2.45) is 11.8 Å². The van der Waals surface area contributed by atoms with Crippen LogP contribution in [-0.4, -0.2) is 29.6 Å². The van der Waals surface area contributed by atoms with Gasteiger partial charge in [0.25, 0.3) is 0 Å². The van der Waals surface area contributed by atoms with Gasteiger partial charge in [0.15, 0.2) is 0 Å². The minimum Gasteiger partial charge on any atom is -0.388 e. The maximum Gasteiger partial charge on any atom is 0.0802 e. The van der Waals surface area contributed by atoms with Crippen LogP contribution < -0.4 is 0 Å². The second-order valence-corrected chi connectivity index (χ2v) is 6.93. The van der Waals surface area contributed by atoms with Crippen LogP contribution in [-0.2, 0) is 0 Å². The molecule has 0 amide bonds. The molecule has 1 heterocycles. The molecule has 1 saturated heterocycles. The lowest BCUT2D eigenvalue weighted by molar-refractivity contribution is 0.103. The summed E-state index contributed by atoms with van der Waals surface area (Å²) in [4.78, 5) is 2.52. The van der Waals surface area contributed by atoms with E-state index in [1.165, 1.54) is 30.6 Å². The Morgan fingerprint density at radius 2 is 1.65 bits per heavy atom. The highest BCUT2D eigenvalue weighted by Gasteiger charge is 2.22. The minimum absolute atomic E-state index is 0.332. The summed E-state index contributed by atoms with van der Waals surface area (Å²) in [6.45, 7) is 12.2. The van der Waals surface area contributed by atoms with Crippen molar-refractivity contribution in [2.75, 3.05) is 19.6 Å². The topological polar surface area (TPSA) is 23.5 Å². The van der Waals surface area contributed by atoms with Crippen molar-refractivity contribution in [3.8, 4) is 0 Å². The largest absolute Gasteiger partial charge is 0.388 e. The van der Waals surface area contributed by atoms with Crippen LogP contribution in [0.5, 0.6) is 0 Å². The van der Waals surface area contributed by atoms with Crippen LogP contribution in [0.1, 0.15) is 49.5 Å². The molecule has 0 aliphatic carbocycles. The smallest absolute Gasteiger partial charge is 0.0802 e. The molecule has 1 aromatic rings. The van der Waals surface area contributed by atoms with Gasteiger partial charge in [-0.15, -0.1) is 0 Å². The first-order valence-electron chi connectivity index (χ1n) is 7.92. The highest BCUT2D eigenvalue weighted by atomic mass is 16.3. The Morgan fingerprint density at radius 3 is 2.20 bits per heavy atom. The predicted octanol–water partition coefficient (Wildman–Crippen LogP) is 3.70. The van der Waals surface area contributed by atoms with Crippen LogP contribution >= 0.6 is 0 Å². The third kappa shape index (κ3) is 4.32. The van der Waals surface area contributed by atoms with Crippen molar-refractivity contribution >= 4 is 0 Å². The Labute approximate surface area is 123 Å². The van der Waals surface area contributed by atoms with Crippen molar-refractivity contribution in [3.63, 3.8) is 0 Å². The number of benzene rings is 1. The van der Waals surface area contributed by atoms with Gasteiger partial charge in [-0.1, -0.05) is 43.2 Å². The summed E-state index contributed by atoms with van der Waals surface area (Å²) in [5, 5.41) is 10.4. The number of hydrogen-bond donors (Lipinski definition) is 1.